The average Bonchev–Trinajstić information content (AvgIpc) is 2.83. The van der Waals surface area contributed by atoms with Crippen molar-refractivity contribution in [2.75, 3.05) is 33.2 Å². The van der Waals surface area contributed by atoms with Crippen LogP contribution in [0.2, 0.25) is 0 Å². The van der Waals surface area contributed by atoms with E-state index in [1.54, 1.807) is 0 Å². The number of hydrogen-bond donors (Lipinski definition) is 1. The Bertz CT molecular complexity index is 462. The molecule has 110 valence electrons. The topological polar surface area (TPSA) is 35.6 Å². The van der Waals surface area contributed by atoms with Gasteiger partial charge in [0.25, 0.3) is 0 Å². The molecule has 3 rings (SSSR count). The van der Waals surface area contributed by atoms with Crippen molar-refractivity contribution in [3.05, 3.63) is 22.4 Å². The van der Waals surface area contributed by atoms with Crippen molar-refractivity contribution in [2.24, 2.45) is 0 Å². The van der Waals surface area contributed by atoms with E-state index in [1.807, 2.05) is 11.3 Å². The van der Waals surface area contributed by atoms with Gasteiger partial charge in [-0.25, -0.2) is 0 Å². The van der Waals surface area contributed by atoms with Crippen LogP contribution in [0, 0.1) is 0 Å². The van der Waals surface area contributed by atoms with Crippen LogP contribution < -0.4 is 5.32 Å². The SMILES string of the molecule is CN1CCN(Cc2cccs2)C[C@]2(CCCC(=O)N2)C1. The molecule has 1 amide bonds. The number of hydrogen-bond acceptors (Lipinski definition) is 4. The lowest BCUT2D eigenvalue weighted by atomic mass is 9.87. The maximum absolute atomic E-state index is 11.8. The Morgan fingerprint density at radius 3 is 3.05 bits per heavy atom. The zero-order chi connectivity index (χ0) is 14.0. The predicted octanol–water partition coefficient (Wildman–Crippen LogP) is 1.53. The molecule has 5 heteroatoms. The van der Waals surface area contributed by atoms with Crippen LogP contribution in [0.25, 0.3) is 0 Å². The van der Waals surface area contributed by atoms with Gasteiger partial charge in [0.05, 0.1) is 5.54 Å². The van der Waals surface area contributed by atoms with Crippen LogP contribution in [0.5, 0.6) is 0 Å². The Hall–Kier alpha value is -0.910. The maximum atomic E-state index is 11.8. The van der Waals surface area contributed by atoms with Gasteiger partial charge in [0.1, 0.15) is 0 Å². The molecule has 4 nitrogen and oxygen atoms in total. The number of rotatable bonds is 2. The quantitative estimate of drug-likeness (QED) is 0.898. The van der Waals surface area contributed by atoms with Crippen molar-refractivity contribution in [1.29, 1.82) is 0 Å². The highest BCUT2D eigenvalue weighted by Crippen LogP contribution is 2.25. The minimum Gasteiger partial charge on any atom is -0.348 e. The molecule has 1 spiro atoms. The lowest BCUT2D eigenvalue weighted by Gasteiger charge is -2.40. The van der Waals surface area contributed by atoms with E-state index in [1.165, 1.54) is 4.88 Å². The molecule has 2 aliphatic heterocycles. The number of carbonyl (C=O) groups is 1. The van der Waals surface area contributed by atoms with Gasteiger partial charge in [-0.2, -0.15) is 0 Å². The van der Waals surface area contributed by atoms with Gasteiger partial charge in [-0.05, 0) is 31.3 Å². The molecular weight excluding hydrogens is 270 g/mol. The molecule has 0 bridgehead atoms. The standard InChI is InChI=1S/C15H23N3OS/c1-17-7-8-18(10-13-4-3-9-20-13)12-15(11-17)6-2-5-14(19)16-15/h3-4,9H,2,5-8,10-12H2,1H3,(H,16,19)/t15-/m0/s1. The summed E-state index contributed by atoms with van der Waals surface area (Å²) in [7, 11) is 2.16. The second-order valence-corrected chi connectivity index (χ2v) is 7.24. The summed E-state index contributed by atoms with van der Waals surface area (Å²) in [6.45, 7) is 5.10. The minimum atomic E-state index is -0.0438. The second kappa shape index (κ2) is 5.84. The molecule has 1 aromatic heterocycles. The molecule has 0 radical (unpaired) electrons. The van der Waals surface area contributed by atoms with Crippen LogP contribution in [-0.2, 0) is 11.3 Å². The zero-order valence-electron chi connectivity index (χ0n) is 12.1. The van der Waals surface area contributed by atoms with E-state index in [2.05, 4.69) is 39.7 Å². The van der Waals surface area contributed by atoms with Gasteiger partial charge in [0.15, 0.2) is 0 Å². The predicted molar refractivity (Wildman–Crippen MR) is 81.8 cm³/mol. The summed E-state index contributed by atoms with van der Waals surface area (Å²) in [5.74, 6) is 0.225. The van der Waals surface area contributed by atoms with E-state index in [0.717, 1.165) is 45.6 Å². The molecule has 0 aromatic carbocycles. The van der Waals surface area contributed by atoms with Crippen molar-refractivity contribution >= 4 is 17.2 Å². The fraction of sp³-hybridized carbons (Fsp3) is 0.667. The number of nitrogens with one attached hydrogen (secondary N) is 1. The van der Waals surface area contributed by atoms with Crippen molar-refractivity contribution in [3.8, 4) is 0 Å². The number of carbonyl (C=O) groups excluding carboxylic acids is 1. The van der Waals surface area contributed by atoms with Crippen LogP contribution in [0.1, 0.15) is 24.1 Å². The molecule has 0 saturated carbocycles. The van der Waals surface area contributed by atoms with E-state index >= 15 is 0 Å². The van der Waals surface area contributed by atoms with Crippen LogP contribution in [0.4, 0.5) is 0 Å². The molecule has 0 aliphatic carbocycles. The Morgan fingerprint density at radius 2 is 2.30 bits per heavy atom. The number of piperidine rings is 1. The summed E-state index contributed by atoms with van der Waals surface area (Å²) in [5, 5.41) is 5.43. The van der Waals surface area contributed by atoms with Crippen LogP contribution in [-0.4, -0.2) is 54.5 Å². The highest BCUT2D eigenvalue weighted by Gasteiger charge is 2.39. The molecule has 2 fully saturated rings. The van der Waals surface area contributed by atoms with Crippen molar-refractivity contribution in [1.82, 2.24) is 15.1 Å². The van der Waals surface area contributed by atoms with Crippen LogP contribution >= 0.6 is 11.3 Å². The molecule has 0 unspecified atom stereocenters. The molecule has 2 aliphatic rings. The number of likely N-dealkylation sites (N-methyl/N-ethyl adjacent to an activating group) is 1. The first kappa shape index (κ1) is 14.0. The molecule has 1 atom stereocenters. The molecule has 20 heavy (non-hydrogen) atoms. The van der Waals surface area contributed by atoms with Crippen molar-refractivity contribution in [2.45, 2.75) is 31.3 Å². The van der Waals surface area contributed by atoms with E-state index in [0.29, 0.717) is 6.42 Å². The highest BCUT2D eigenvalue weighted by atomic mass is 32.1. The highest BCUT2D eigenvalue weighted by molar-refractivity contribution is 7.09. The first-order valence-corrected chi connectivity index (χ1v) is 8.28. The number of amides is 1. The Balaban J connectivity index is 1.74. The summed E-state index contributed by atoms with van der Waals surface area (Å²) in [4.78, 5) is 18.1. The first-order valence-electron chi connectivity index (χ1n) is 7.40. The van der Waals surface area contributed by atoms with Crippen LogP contribution in [0.3, 0.4) is 0 Å². The van der Waals surface area contributed by atoms with Crippen molar-refractivity contribution in [3.63, 3.8) is 0 Å². The van der Waals surface area contributed by atoms with Crippen LogP contribution in [0.15, 0.2) is 17.5 Å². The fourth-order valence-corrected chi connectivity index (χ4v) is 4.21. The molecule has 1 aromatic rings. The molecule has 2 saturated heterocycles. The lowest BCUT2D eigenvalue weighted by Crippen LogP contribution is -2.60. The summed E-state index contributed by atoms with van der Waals surface area (Å²) in [6.07, 6.45) is 2.81. The molecular formula is C15H23N3OS. The number of nitrogens with zero attached hydrogens (tertiary/aromatic N) is 2. The van der Waals surface area contributed by atoms with Crippen molar-refractivity contribution < 1.29 is 4.79 Å². The molecule has 3 heterocycles. The van der Waals surface area contributed by atoms with E-state index in [9.17, 15) is 4.79 Å². The number of thiophene rings is 1. The largest absolute Gasteiger partial charge is 0.348 e. The van der Waals surface area contributed by atoms with Gasteiger partial charge in [-0.1, -0.05) is 6.07 Å². The third kappa shape index (κ3) is 3.22. The van der Waals surface area contributed by atoms with Gasteiger partial charge in [-0.15, -0.1) is 11.3 Å². The lowest BCUT2D eigenvalue weighted by molar-refractivity contribution is -0.125. The summed E-state index contributed by atoms with van der Waals surface area (Å²) in [5.41, 5.74) is -0.0438. The summed E-state index contributed by atoms with van der Waals surface area (Å²) < 4.78 is 0. The smallest absolute Gasteiger partial charge is 0.220 e. The first-order chi connectivity index (χ1) is 9.65. The Kier molecular flexibility index (Phi) is 4.10. The minimum absolute atomic E-state index is 0.0438. The third-order valence-electron chi connectivity index (χ3n) is 4.32. The molecule has 1 N–H and O–H groups in total. The maximum Gasteiger partial charge on any atom is 0.220 e. The summed E-state index contributed by atoms with van der Waals surface area (Å²) in [6, 6.07) is 4.31. The second-order valence-electron chi connectivity index (χ2n) is 6.21. The average molecular weight is 293 g/mol. The zero-order valence-corrected chi connectivity index (χ0v) is 12.9. The fourth-order valence-electron chi connectivity index (χ4n) is 3.47. The van der Waals surface area contributed by atoms with Gasteiger partial charge in [0, 0.05) is 44.0 Å². The Morgan fingerprint density at radius 1 is 1.40 bits per heavy atom. The summed E-state index contributed by atoms with van der Waals surface area (Å²) >= 11 is 1.82. The van der Waals surface area contributed by atoms with E-state index in [-0.39, 0.29) is 11.4 Å². The van der Waals surface area contributed by atoms with E-state index in [4.69, 9.17) is 0 Å². The van der Waals surface area contributed by atoms with Gasteiger partial charge in [0.2, 0.25) is 5.91 Å². The third-order valence-corrected chi connectivity index (χ3v) is 5.18. The van der Waals surface area contributed by atoms with Gasteiger partial charge in [-0.3, -0.25) is 9.69 Å². The monoisotopic (exact) mass is 293 g/mol. The van der Waals surface area contributed by atoms with Gasteiger partial charge >= 0.3 is 0 Å². The van der Waals surface area contributed by atoms with E-state index < -0.39 is 0 Å². The Labute approximate surface area is 124 Å². The van der Waals surface area contributed by atoms with Gasteiger partial charge < -0.3 is 10.2 Å². The normalized spacial score (nSPS) is 29.4.